The largest absolute Gasteiger partial charge is 0.493 e. The summed E-state index contributed by atoms with van der Waals surface area (Å²) in [7, 11) is 0. The first-order chi connectivity index (χ1) is 15.3. The smallest absolute Gasteiger partial charge is 0.326 e. The highest BCUT2D eigenvalue weighted by Gasteiger charge is 2.27. The number of ether oxygens (including phenoxy) is 1. The number of aromatic amines is 1. The minimum atomic E-state index is -0.102. The van der Waals surface area contributed by atoms with E-state index >= 15 is 0 Å². The molecule has 0 radical (unpaired) electrons. The van der Waals surface area contributed by atoms with E-state index in [1.807, 2.05) is 35.4 Å². The molecule has 4 aromatic rings. The monoisotopic (exact) mass is 410 g/mol. The number of nitrogens with one attached hydrogen (secondary N) is 2. The summed E-state index contributed by atoms with van der Waals surface area (Å²) in [5.41, 5.74) is 5.11. The number of carbonyl (C=O) groups excluding carboxylic acids is 1. The summed E-state index contributed by atoms with van der Waals surface area (Å²) in [4.78, 5) is 22.3. The summed E-state index contributed by atoms with van der Waals surface area (Å²) >= 11 is 0. The molecule has 0 saturated heterocycles. The Kier molecular flexibility index (Phi) is 4.16. The molecule has 2 aliphatic heterocycles. The van der Waals surface area contributed by atoms with Crippen LogP contribution in [0.15, 0.2) is 67.1 Å². The van der Waals surface area contributed by atoms with Gasteiger partial charge in [-0.3, -0.25) is 4.90 Å². The Bertz CT molecular complexity index is 1280. The zero-order chi connectivity index (χ0) is 20.8. The van der Waals surface area contributed by atoms with Gasteiger partial charge in [0.15, 0.2) is 0 Å². The molecule has 154 valence electrons. The first-order valence-corrected chi connectivity index (χ1v) is 10.6. The molecule has 0 saturated carbocycles. The van der Waals surface area contributed by atoms with E-state index in [0.29, 0.717) is 13.2 Å². The van der Waals surface area contributed by atoms with Crippen LogP contribution < -0.4 is 15.0 Å². The molecule has 0 aliphatic carbocycles. The molecule has 2 N–H and O–H groups in total. The highest BCUT2D eigenvalue weighted by molar-refractivity contribution is 6.05. The summed E-state index contributed by atoms with van der Waals surface area (Å²) in [6, 6.07) is 18.3. The van der Waals surface area contributed by atoms with Crippen LogP contribution in [-0.2, 0) is 12.8 Å². The molecule has 6 heteroatoms. The van der Waals surface area contributed by atoms with Crippen LogP contribution in [0.2, 0.25) is 0 Å². The van der Waals surface area contributed by atoms with Crippen LogP contribution in [0.5, 0.6) is 5.75 Å². The van der Waals surface area contributed by atoms with Crippen LogP contribution in [0.25, 0.3) is 10.8 Å². The van der Waals surface area contributed by atoms with E-state index in [-0.39, 0.29) is 11.9 Å². The predicted octanol–water partition coefficient (Wildman–Crippen LogP) is 4.88. The standard InChI is InChI=1S/C25H22N4O2/c30-25(29-10-9-21-20-4-2-1-3-16(20)5-7-23(21)29)28-19-6-8-24-17(12-19)11-18(14-31-24)22-13-26-15-27-22/h1-8,12-13,15,18H,9-11,14H2,(H,26,27)(H,28,30). The van der Waals surface area contributed by atoms with Gasteiger partial charge >= 0.3 is 6.03 Å². The zero-order valence-corrected chi connectivity index (χ0v) is 17.0. The van der Waals surface area contributed by atoms with E-state index in [9.17, 15) is 4.79 Å². The maximum absolute atomic E-state index is 13.1. The molecular weight excluding hydrogens is 388 g/mol. The average molecular weight is 410 g/mol. The first-order valence-electron chi connectivity index (χ1n) is 10.6. The Labute approximate surface area is 179 Å². The molecular formula is C25H22N4O2. The molecule has 6 nitrogen and oxygen atoms in total. The molecule has 6 rings (SSSR count). The third-order valence-electron chi connectivity index (χ3n) is 6.29. The van der Waals surface area contributed by atoms with Crippen molar-refractivity contribution in [3.8, 4) is 5.75 Å². The Morgan fingerprint density at radius 1 is 1.16 bits per heavy atom. The summed E-state index contributed by atoms with van der Waals surface area (Å²) in [6.07, 6.45) is 5.31. The van der Waals surface area contributed by atoms with Gasteiger partial charge in [-0.2, -0.15) is 0 Å². The second kappa shape index (κ2) is 7.16. The lowest BCUT2D eigenvalue weighted by Gasteiger charge is -2.25. The van der Waals surface area contributed by atoms with Gasteiger partial charge < -0.3 is 15.0 Å². The van der Waals surface area contributed by atoms with Gasteiger partial charge in [0.1, 0.15) is 5.75 Å². The number of carbonyl (C=O) groups is 1. The van der Waals surface area contributed by atoms with Crippen molar-refractivity contribution in [2.75, 3.05) is 23.4 Å². The minimum Gasteiger partial charge on any atom is -0.493 e. The molecule has 31 heavy (non-hydrogen) atoms. The Hall–Kier alpha value is -3.80. The number of hydrogen-bond donors (Lipinski definition) is 2. The fraction of sp³-hybridized carbons (Fsp3) is 0.200. The Morgan fingerprint density at radius 2 is 2.10 bits per heavy atom. The van der Waals surface area contributed by atoms with Crippen LogP contribution >= 0.6 is 0 Å². The lowest BCUT2D eigenvalue weighted by molar-refractivity contribution is 0.257. The number of H-pyrrole nitrogens is 1. The second-order valence-electron chi connectivity index (χ2n) is 8.14. The van der Waals surface area contributed by atoms with Crippen LogP contribution in [0.1, 0.15) is 22.7 Å². The van der Waals surface area contributed by atoms with Crippen molar-refractivity contribution in [3.63, 3.8) is 0 Å². The van der Waals surface area contributed by atoms with Gasteiger partial charge in [0.05, 0.1) is 18.6 Å². The highest BCUT2D eigenvalue weighted by Crippen LogP contribution is 2.36. The average Bonchev–Trinajstić information content (AvgIpc) is 3.49. The van der Waals surface area contributed by atoms with Crippen molar-refractivity contribution in [2.24, 2.45) is 0 Å². The van der Waals surface area contributed by atoms with Gasteiger partial charge in [-0.05, 0) is 59.0 Å². The van der Waals surface area contributed by atoms with Gasteiger partial charge in [0.2, 0.25) is 0 Å². The van der Waals surface area contributed by atoms with Gasteiger partial charge in [0, 0.05) is 30.0 Å². The van der Waals surface area contributed by atoms with Crippen molar-refractivity contribution in [1.82, 2.24) is 9.97 Å². The number of anilines is 2. The number of hydrogen-bond acceptors (Lipinski definition) is 3. The molecule has 1 atom stereocenters. The zero-order valence-electron chi connectivity index (χ0n) is 17.0. The van der Waals surface area contributed by atoms with Crippen molar-refractivity contribution < 1.29 is 9.53 Å². The van der Waals surface area contributed by atoms with Crippen LogP contribution in [0.3, 0.4) is 0 Å². The fourth-order valence-electron chi connectivity index (χ4n) is 4.74. The topological polar surface area (TPSA) is 70.2 Å². The third-order valence-corrected chi connectivity index (χ3v) is 6.29. The van der Waals surface area contributed by atoms with E-state index in [1.54, 1.807) is 6.33 Å². The first kappa shape index (κ1) is 18.0. The van der Waals surface area contributed by atoms with Crippen molar-refractivity contribution >= 4 is 28.2 Å². The molecule has 2 amide bonds. The molecule has 0 bridgehead atoms. The SMILES string of the molecule is O=C(Nc1ccc2c(c1)CC(c1c[nH]cn1)CO2)N1CCc2c1ccc1ccccc21. The number of amides is 2. The number of benzene rings is 3. The van der Waals surface area contributed by atoms with E-state index < -0.39 is 0 Å². The van der Waals surface area contributed by atoms with E-state index in [4.69, 9.17) is 4.74 Å². The Balaban J connectivity index is 1.23. The molecule has 1 unspecified atom stereocenters. The molecule has 1 aromatic heterocycles. The van der Waals surface area contributed by atoms with Crippen molar-refractivity contribution in [1.29, 1.82) is 0 Å². The number of aromatic nitrogens is 2. The number of nitrogens with zero attached hydrogens (tertiary/aromatic N) is 2. The minimum absolute atomic E-state index is 0.102. The second-order valence-corrected chi connectivity index (χ2v) is 8.14. The normalized spacial score (nSPS) is 17.2. The summed E-state index contributed by atoms with van der Waals surface area (Å²) in [5.74, 6) is 1.09. The summed E-state index contributed by atoms with van der Waals surface area (Å²) in [5, 5.41) is 5.52. The lowest BCUT2D eigenvalue weighted by Crippen LogP contribution is -2.33. The van der Waals surface area contributed by atoms with Crippen LogP contribution in [-0.4, -0.2) is 29.2 Å². The number of urea groups is 1. The molecule has 0 fully saturated rings. The lowest BCUT2D eigenvalue weighted by atomic mass is 9.94. The fourth-order valence-corrected chi connectivity index (χ4v) is 4.74. The van der Waals surface area contributed by atoms with E-state index in [0.717, 1.165) is 41.2 Å². The number of fused-ring (bicyclic) bond motifs is 4. The van der Waals surface area contributed by atoms with Crippen LogP contribution in [0, 0.1) is 0 Å². The van der Waals surface area contributed by atoms with Gasteiger partial charge in [-0.1, -0.05) is 30.3 Å². The summed E-state index contributed by atoms with van der Waals surface area (Å²) in [6.45, 7) is 1.30. The summed E-state index contributed by atoms with van der Waals surface area (Å²) < 4.78 is 5.93. The predicted molar refractivity (Wildman–Crippen MR) is 121 cm³/mol. The van der Waals surface area contributed by atoms with Crippen molar-refractivity contribution in [3.05, 3.63) is 83.9 Å². The number of imidazole rings is 1. The molecule has 2 aliphatic rings. The van der Waals surface area contributed by atoms with Gasteiger partial charge in [-0.15, -0.1) is 0 Å². The van der Waals surface area contributed by atoms with E-state index in [1.165, 1.54) is 16.3 Å². The van der Waals surface area contributed by atoms with Crippen LogP contribution in [0.4, 0.5) is 16.2 Å². The maximum Gasteiger partial charge on any atom is 0.326 e. The van der Waals surface area contributed by atoms with Crippen molar-refractivity contribution in [2.45, 2.75) is 18.8 Å². The molecule has 3 aromatic carbocycles. The quantitative estimate of drug-likeness (QED) is 0.495. The van der Waals surface area contributed by atoms with Gasteiger partial charge in [0.25, 0.3) is 0 Å². The number of rotatable bonds is 2. The van der Waals surface area contributed by atoms with Gasteiger partial charge in [-0.25, -0.2) is 9.78 Å². The Morgan fingerprint density at radius 3 is 3.00 bits per heavy atom. The maximum atomic E-state index is 13.1. The van der Waals surface area contributed by atoms with E-state index in [2.05, 4.69) is 45.6 Å². The third kappa shape index (κ3) is 3.11. The highest BCUT2D eigenvalue weighted by atomic mass is 16.5. The molecule has 3 heterocycles. The molecule has 0 spiro atoms.